The van der Waals surface area contributed by atoms with Crippen molar-refractivity contribution in [3.63, 3.8) is 0 Å². The molecule has 1 atom stereocenters. The van der Waals surface area contributed by atoms with E-state index in [0.29, 0.717) is 5.91 Å². The molecule has 1 amide bonds. The van der Waals surface area contributed by atoms with Crippen LogP contribution in [-0.4, -0.2) is 84.7 Å². The highest BCUT2D eigenvalue weighted by Gasteiger charge is 2.51. The van der Waals surface area contributed by atoms with Crippen molar-refractivity contribution >= 4 is 11.7 Å². The number of hydrogen-bond donors (Lipinski definition) is 0. The van der Waals surface area contributed by atoms with Crippen LogP contribution in [0.5, 0.6) is 0 Å². The maximum atomic E-state index is 13.2. The van der Waals surface area contributed by atoms with Crippen molar-refractivity contribution in [1.82, 2.24) is 19.8 Å². The van der Waals surface area contributed by atoms with Crippen molar-refractivity contribution in [2.24, 2.45) is 5.41 Å². The van der Waals surface area contributed by atoms with Gasteiger partial charge in [-0.15, -0.1) is 0 Å². The quantitative estimate of drug-likeness (QED) is 0.794. The van der Waals surface area contributed by atoms with Gasteiger partial charge in [0.1, 0.15) is 5.82 Å². The number of carbonyl (C=O) groups excluding carboxylic acids is 1. The molecule has 0 bridgehead atoms. The Morgan fingerprint density at radius 3 is 2.69 bits per heavy atom. The number of rotatable bonds is 4. The van der Waals surface area contributed by atoms with E-state index < -0.39 is 0 Å². The van der Waals surface area contributed by atoms with E-state index >= 15 is 0 Å². The molecule has 0 aromatic carbocycles. The van der Waals surface area contributed by atoms with Crippen LogP contribution in [0.4, 0.5) is 5.82 Å². The summed E-state index contributed by atoms with van der Waals surface area (Å²) in [5.41, 5.74) is 1.65. The maximum Gasteiger partial charge on any atom is 0.230 e. The van der Waals surface area contributed by atoms with Gasteiger partial charge in [0.2, 0.25) is 5.91 Å². The van der Waals surface area contributed by atoms with Gasteiger partial charge in [-0.1, -0.05) is 0 Å². The van der Waals surface area contributed by atoms with Gasteiger partial charge < -0.3 is 14.5 Å². The molecule has 0 radical (unpaired) electrons. The number of ether oxygens (including phenoxy) is 1. The van der Waals surface area contributed by atoms with E-state index in [1.54, 1.807) is 6.20 Å². The highest BCUT2D eigenvalue weighted by molar-refractivity contribution is 5.86. The fraction of sp³-hybridized carbons (Fsp3) is 0.737. The summed E-state index contributed by atoms with van der Waals surface area (Å²) in [5, 5.41) is 0. The number of aryl methyl sites for hydroxylation is 2. The fourth-order valence-corrected chi connectivity index (χ4v) is 4.45. The number of likely N-dealkylation sites (tertiary alicyclic amines) is 1. The number of hydrogen-bond acceptors (Lipinski definition) is 6. The molecule has 26 heavy (non-hydrogen) atoms. The molecule has 3 aliphatic heterocycles. The number of anilines is 1. The molecule has 4 rings (SSSR count). The minimum absolute atomic E-state index is 0.219. The molecule has 0 aliphatic carbocycles. The van der Waals surface area contributed by atoms with Crippen LogP contribution in [-0.2, 0) is 9.53 Å². The first kappa shape index (κ1) is 17.7. The number of aromatic nitrogens is 2. The highest BCUT2D eigenvalue weighted by atomic mass is 16.5. The third-order valence-corrected chi connectivity index (χ3v) is 6.10. The Hall–Kier alpha value is -1.73. The van der Waals surface area contributed by atoms with Crippen molar-refractivity contribution in [3.05, 3.63) is 17.6 Å². The molecule has 0 saturated carbocycles. The first-order valence-electron chi connectivity index (χ1n) is 9.72. The minimum atomic E-state index is -0.219. The van der Waals surface area contributed by atoms with Gasteiger partial charge in [0.25, 0.3) is 0 Å². The van der Waals surface area contributed by atoms with E-state index in [1.807, 2.05) is 13.8 Å². The lowest BCUT2D eigenvalue weighted by atomic mass is 9.85. The van der Waals surface area contributed by atoms with E-state index in [2.05, 4.69) is 24.7 Å². The summed E-state index contributed by atoms with van der Waals surface area (Å²) in [4.78, 5) is 29.0. The van der Waals surface area contributed by atoms with Crippen molar-refractivity contribution < 1.29 is 9.53 Å². The molecule has 4 heterocycles. The van der Waals surface area contributed by atoms with Crippen LogP contribution in [0, 0.1) is 19.3 Å². The van der Waals surface area contributed by atoms with Crippen LogP contribution < -0.4 is 4.90 Å². The molecule has 7 nitrogen and oxygen atoms in total. The van der Waals surface area contributed by atoms with Crippen LogP contribution in [0.2, 0.25) is 0 Å². The summed E-state index contributed by atoms with van der Waals surface area (Å²) in [5.74, 6) is 1.29. The molecule has 3 aliphatic rings. The first-order valence-corrected chi connectivity index (χ1v) is 9.72. The normalized spacial score (nSPS) is 27.1. The van der Waals surface area contributed by atoms with Crippen molar-refractivity contribution in [3.8, 4) is 0 Å². The average Bonchev–Trinajstić information content (AvgIpc) is 3.22. The molecular formula is C19H29N5O2. The summed E-state index contributed by atoms with van der Waals surface area (Å²) in [6.07, 6.45) is 3.69. The van der Waals surface area contributed by atoms with E-state index in [9.17, 15) is 4.79 Å². The topological polar surface area (TPSA) is 61.8 Å². The van der Waals surface area contributed by atoms with E-state index in [-0.39, 0.29) is 5.41 Å². The zero-order valence-electron chi connectivity index (χ0n) is 15.9. The lowest BCUT2D eigenvalue weighted by molar-refractivity contribution is -0.135. The minimum Gasteiger partial charge on any atom is -0.379 e. The van der Waals surface area contributed by atoms with Crippen LogP contribution in [0.25, 0.3) is 0 Å². The Bertz CT molecular complexity index is 676. The van der Waals surface area contributed by atoms with E-state index in [1.165, 1.54) is 0 Å². The van der Waals surface area contributed by atoms with E-state index in [4.69, 9.17) is 4.74 Å². The third-order valence-electron chi connectivity index (χ3n) is 6.10. The second-order valence-electron chi connectivity index (χ2n) is 7.87. The molecule has 1 spiro atoms. The first-order chi connectivity index (χ1) is 12.6. The third kappa shape index (κ3) is 3.30. The van der Waals surface area contributed by atoms with Gasteiger partial charge >= 0.3 is 0 Å². The van der Waals surface area contributed by atoms with Crippen molar-refractivity contribution in [2.75, 3.05) is 63.9 Å². The number of morpholine rings is 1. The Morgan fingerprint density at radius 2 is 1.88 bits per heavy atom. The predicted octanol–water partition coefficient (Wildman–Crippen LogP) is 0.854. The average molecular weight is 359 g/mol. The lowest BCUT2D eigenvalue weighted by Crippen LogP contribution is -2.43. The molecule has 3 fully saturated rings. The van der Waals surface area contributed by atoms with Gasteiger partial charge in [-0.3, -0.25) is 14.7 Å². The summed E-state index contributed by atoms with van der Waals surface area (Å²) in [7, 11) is 0. The molecule has 1 aromatic rings. The number of nitrogens with zero attached hydrogens (tertiary/aromatic N) is 5. The maximum absolute atomic E-state index is 13.2. The Kier molecular flexibility index (Phi) is 4.84. The summed E-state index contributed by atoms with van der Waals surface area (Å²) in [6, 6.07) is 0. The van der Waals surface area contributed by atoms with Crippen LogP contribution >= 0.6 is 0 Å². The second-order valence-corrected chi connectivity index (χ2v) is 7.87. The van der Waals surface area contributed by atoms with E-state index in [0.717, 1.165) is 89.1 Å². The predicted molar refractivity (Wildman–Crippen MR) is 99.2 cm³/mol. The van der Waals surface area contributed by atoms with Crippen molar-refractivity contribution in [1.29, 1.82) is 0 Å². The zero-order chi connectivity index (χ0) is 18.1. The van der Waals surface area contributed by atoms with Gasteiger partial charge in [-0.25, -0.2) is 4.98 Å². The van der Waals surface area contributed by atoms with Gasteiger partial charge in [0, 0.05) is 52.0 Å². The van der Waals surface area contributed by atoms with Gasteiger partial charge in [-0.2, -0.15) is 0 Å². The second kappa shape index (κ2) is 7.12. The standard InChI is InChI=1S/C19H29N5O2/c1-15-13-20-16(2)17(21-15)24-6-4-19(14-24)3-5-23(18(19)25)8-7-22-9-11-26-12-10-22/h13H,3-12,14H2,1-2H3. The molecular weight excluding hydrogens is 330 g/mol. The smallest absolute Gasteiger partial charge is 0.230 e. The highest BCUT2D eigenvalue weighted by Crippen LogP contribution is 2.42. The van der Waals surface area contributed by atoms with Crippen LogP contribution in [0.3, 0.4) is 0 Å². The monoisotopic (exact) mass is 359 g/mol. The SMILES string of the molecule is Cc1cnc(C)c(N2CCC3(CCN(CCN4CCOCC4)C3=O)C2)n1. The fourth-order valence-electron chi connectivity index (χ4n) is 4.45. The molecule has 1 unspecified atom stereocenters. The number of carbonyl (C=O) groups is 1. The van der Waals surface area contributed by atoms with Crippen molar-refractivity contribution in [2.45, 2.75) is 26.7 Å². The van der Waals surface area contributed by atoms with Gasteiger partial charge in [0.05, 0.1) is 30.0 Å². The molecule has 3 saturated heterocycles. The summed E-state index contributed by atoms with van der Waals surface area (Å²) >= 11 is 0. The molecule has 142 valence electrons. The Balaban J connectivity index is 1.39. The van der Waals surface area contributed by atoms with Crippen LogP contribution in [0.1, 0.15) is 24.2 Å². The largest absolute Gasteiger partial charge is 0.379 e. The molecule has 7 heteroatoms. The molecule has 1 aromatic heterocycles. The van der Waals surface area contributed by atoms with Crippen LogP contribution in [0.15, 0.2) is 6.20 Å². The zero-order valence-corrected chi connectivity index (χ0v) is 15.9. The number of amides is 1. The summed E-state index contributed by atoms with van der Waals surface area (Å²) < 4.78 is 5.40. The van der Waals surface area contributed by atoms with Gasteiger partial charge in [0.15, 0.2) is 0 Å². The summed E-state index contributed by atoms with van der Waals surface area (Å²) in [6.45, 7) is 11.9. The Labute approximate surface area is 155 Å². The lowest BCUT2D eigenvalue weighted by Gasteiger charge is -2.29. The Morgan fingerprint density at radius 1 is 1.12 bits per heavy atom. The van der Waals surface area contributed by atoms with Gasteiger partial charge in [-0.05, 0) is 26.7 Å². The molecule has 0 N–H and O–H groups in total.